The summed E-state index contributed by atoms with van der Waals surface area (Å²) in [6.07, 6.45) is 4.31. The van der Waals surface area contributed by atoms with Crippen molar-refractivity contribution in [2.24, 2.45) is 5.73 Å². The predicted molar refractivity (Wildman–Crippen MR) is 86.1 cm³/mol. The highest BCUT2D eigenvalue weighted by atomic mass is 32.2. The van der Waals surface area contributed by atoms with Gasteiger partial charge in [0.2, 0.25) is 5.91 Å². The molecule has 21 heavy (non-hydrogen) atoms. The average Bonchev–Trinajstić information content (AvgIpc) is 2.86. The Morgan fingerprint density at radius 3 is 2.71 bits per heavy atom. The standard InChI is InChI=1S/C14H27N5OS/c1-4-6-7-8-16-13(20)11(3)21-14-18-17-12(10-15)19(14)9-5-2/h11H,4-10,15H2,1-3H3,(H,16,20). The van der Waals surface area contributed by atoms with E-state index in [1.807, 2.05) is 11.5 Å². The number of nitrogens with zero attached hydrogens (tertiary/aromatic N) is 3. The van der Waals surface area contributed by atoms with Crippen molar-refractivity contribution in [1.29, 1.82) is 0 Å². The van der Waals surface area contributed by atoms with E-state index >= 15 is 0 Å². The third-order valence-electron chi connectivity index (χ3n) is 3.15. The Hall–Kier alpha value is -1.08. The summed E-state index contributed by atoms with van der Waals surface area (Å²) in [6, 6.07) is 0. The van der Waals surface area contributed by atoms with Gasteiger partial charge in [-0.05, 0) is 19.8 Å². The molecule has 0 bridgehead atoms. The summed E-state index contributed by atoms with van der Waals surface area (Å²) in [6.45, 7) is 8.08. The molecule has 1 aromatic heterocycles. The molecule has 0 aliphatic rings. The second kappa shape index (κ2) is 9.78. The molecule has 3 N–H and O–H groups in total. The molecule has 7 heteroatoms. The second-order valence-electron chi connectivity index (χ2n) is 5.01. The molecule has 1 aromatic rings. The van der Waals surface area contributed by atoms with E-state index < -0.39 is 0 Å². The lowest BCUT2D eigenvalue weighted by atomic mass is 10.2. The summed E-state index contributed by atoms with van der Waals surface area (Å²) in [5.74, 6) is 0.825. The molecule has 1 atom stereocenters. The van der Waals surface area contributed by atoms with Crippen molar-refractivity contribution in [3.8, 4) is 0 Å². The molecule has 0 aliphatic heterocycles. The van der Waals surface area contributed by atoms with Gasteiger partial charge in [-0.1, -0.05) is 38.5 Å². The molecule has 0 saturated heterocycles. The third-order valence-corrected chi connectivity index (χ3v) is 4.23. The maximum absolute atomic E-state index is 12.0. The zero-order valence-corrected chi connectivity index (χ0v) is 14.1. The largest absolute Gasteiger partial charge is 0.355 e. The van der Waals surface area contributed by atoms with Crippen molar-refractivity contribution in [3.63, 3.8) is 0 Å². The lowest BCUT2D eigenvalue weighted by Gasteiger charge is -2.13. The monoisotopic (exact) mass is 313 g/mol. The van der Waals surface area contributed by atoms with Crippen molar-refractivity contribution >= 4 is 17.7 Å². The number of rotatable bonds is 10. The molecule has 0 spiro atoms. The Balaban J connectivity index is 2.55. The molecule has 1 amide bonds. The fraction of sp³-hybridized carbons (Fsp3) is 0.786. The van der Waals surface area contributed by atoms with Gasteiger partial charge >= 0.3 is 0 Å². The number of carbonyl (C=O) groups is 1. The van der Waals surface area contributed by atoms with Gasteiger partial charge in [0.05, 0.1) is 11.8 Å². The molecule has 0 fully saturated rings. The highest BCUT2D eigenvalue weighted by molar-refractivity contribution is 8.00. The Kier molecular flexibility index (Phi) is 8.37. The first-order valence-corrected chi connectivity index (χ1v) is 8.58. The van der Waals surface area contributed by atoms with Crippen LogP contribution in [0.3, 0.4) is 0 Å². The molecule has 1 heterocycles. The first kappa shape index (κ1) is 18.0. The summed E-state index contributed by atoms with van der Waals surface area (Å²) in [7, 11) is 0. The average molecular weight is 313 g/mol. The number of hydrogen-bond donors (Lipinski definition) is 2. The summed E-state index contributed by atoms with van der Waals surface area (Å²) < 4.78 is 2.01. The van der Waals surface area contributed by atoms with Crippen LogP contribution in [0.1, 0.15) is 52.3 Å². The van der Waals surface area contributed by atoms with Crippen LogP contribution in [0.4, 0.5) is 0 Å². The molecular formula is C14H27N5OS. The number of nitrogens with one attached hydrogen (secondary N) is 1. The van der Waals surface area contributed by atoms with Crippen LogP contribution in [0.5, 0.6) is 0 Å². The third kappa shape index (κ3) is 5.67. The van der Waals surface area contributed by atoms with E-state index in [0.29, 0.717) is 6.54 Å². The summed E-state index contributed by atoms with van der Waals surface area (Å²) in [5, 5.41) is 11.8. The number of unbranched alkanes of at least 4 members (excludes halogenated alkanes) is 2. The number of nitrogens with two attached hydrogens (primary N) is 1. The van der Waals surface area contributed by atoms with Crippen molar-refractivity contribution < 1.29 is 4.79 Å². The minimum Gasteiger partial charge on any atom is -0.355 e. The lowest BCUT2D eigenvalue weighted by Crippen LogP contribution is -2.31. The minimum atomic E-state index is -0.183. The lowest BCUT2D eigenvalue weighted by molar-refractivity contribution is -0.120. The normalized spacial score (nSPS) is 12.4. The molecule has 0 saturated carbocycles. The topological polar surface area (TPSA) is 85.8 Å². The Morgan fingerprint density at radius 1 is 1.33 bits per heavy atom. The number of thioether (sulfide) groups is 1. The van der Waals surface area contributed by atoms with Crippen LogP contribution in [0.25, 0.3) is 0 Å². The van der Waals surface area contributed by atoms with Crippen LogP contribution in [-0.2, 0) is 17.9 Å². The Bertz CT molecular complexity index is 435. The van der Waals surface area contributed by atoms with Crippen LogP contribution in [0, 0.1) is 0 Å². The highest BCUT2D eigenvalue weighted by Crippen LogP contribution is 2.22. The van der Waals surface area contributed by atoms with Crippen LogP contribution >= 0.6 is 11.8 Å². The summed E-state index contributed by atoms with van der Waals surface area (Å²) >= 11 is 1.44. The van der Waals surface area contributed by atoms with E-state index in [2.05, 4.69) is 29.4 Å². The molecule has 6 nitrogen and oxygen atoms in total. The zero-order chi connectivity index (χ0) is 15.7. The van der Waals surface area contributed by atoms with E-state index in [1.165, 1.54) is 11.8 Å². The maximum Gasteiger partial charge on any atom is 0.233 e. The fourth-order valence-electron chi connectivity index (χ4n) is 1.95. The Morgan fingerprint density at radius 2 is 2.10 bits per heavy atom. The van der Waals surface area contributed by atoms with Gasteiger partial charge in [-0.3, -0.25) is 4.79 Å². The van der Waals surface area contributed by atoms with Gasteiger partial charge < -0.3 is 15.6 Å². The molecule has 0 aromatic carbocycles. The number of amides is 1. The minimum absolute atomic E-state index is 0.0523. The second-order valence-corrected chi connectivity index (χ2v) is 6.32. The first-order valence-electron chi connectivity index (χ1n) is 7.70. The fourth-order valence-corrected chi connectivity index (χ4v) is 2.87. The number of carbonyl (C=O) groups excluding carboxylic acids is 1. The van der Waals surface area contributed by atoms with E-state index in [-0.39, 0.29) is 11.2 Å². The van der Waals surface area contributed by atoms with E-state index in [1.54, 1.807) is 0 Å². The quantitative estimate of drug-likeness (QED) is 0.509. The zero-order valence-electron chi connectivity index (χ0n) is 13.3. The van der Waals surface area contributed by atoms with Crippen molar-refractivity contribution in [2.45, 2.75) is 70.0 Å². The highest BCUT2D eigenvalue weighted by Gasteiger charge is 2.19. The van der Waals surface area contributed by atoms with Crippen LogP contribution in [-0.4, -0.2) is 32.5 Å². The van der Waals surface area contributed by atoms with Crippen LogP contribution in [0.15, 0.2) is 5.16 Å². The van der Waals surface area contributed by atoms with Crippen molar-refractivity contribution in [2.75, 3.05) is 6.54 Å². The molecule has 1 unspecified atom stereocenters. The smallest absolute Gasteiger partial charge is 0.233 e. The first-order chi connectivity index (χ1) is 10.1. The Labute approximate surface area is 131 Å². The number of hydrogen-bond acceptors (Lipinski definition) is 5. The van der Waals surface area contributed by atoms with Crippen LogP contribution < -0.4 is 11.1 Å². The molecule has 0 aliphatic carbocycles. The van der Waals surface area contributed by atoms with E-state index in [9.17, 15) is 4.79 Å². The van der Waals surface area contributed by atoms with Gasteiger partial charge in [0.15, 0.2) is 5.16 Å². The maximum atomic E-state index is 12.0. The van der Waals surface area contributed by atoms with Gasteiger partial charge in [0.1, 0.15) is 5.82 Å². The van der Waals surface area contributed by atoms with Crippen molar-refractivity contribution in [3.05, 3.63) is 5.82 Å². The van der Waals surface area contributed by atoms with E-state index in [4.69, 9.17) is 5.73 Å². The van der Waals surface area contributed by atoms with Gasteiger partial charge in [0.25, 0.3) is 0 Å². The summed E-state index contributed by atoms with van der Waals surface area (Å²) in [5.41, 5.74) is 5.67. The van der Waals surface area contributed by atoms with Crippen molar-refractivity contribution in [1.82, 2.24) is 20.1 Å². The van der Waals surface area contributed by atoms with Gasteiger partial charge in [-0.25, -0.2) is 0 Å². The van der Waals surface area contributed by atoms with E-state index in [0.717, 1.165) is 49.8 Å². The molecule has 0 radical (unpaired) electrons. The molecule has 1 rings (SSSR count). The van der Waals surface area contributed by atoms with Gasteiger partial charge in [0, 0.05) is 13.1 Å². The SMILES string of the molecule is CCCCCNC(=O)C(C)Sc1nnc(CN)n1CCC. The van der Waals surface area contributed by atoms with Gasteiger partial charge in [-0.15, -0.1) is 10.2 Å². The molecule has 120 valence electrons. The molecular weight excluding hydrogens is 286 g/mol. The summed E-state index contributed by atoms with van der Waals surface area (Å²) in [4.78, 5) is 12.0. The van der Waals surface area contributed by atoms with Crippen LogP contribution in [0.2, 0.25) is 0 Å². The predicted octanol–water partition coefficient (Wildman–Crippen LogP) is 1.93. The number of aromatic nitrogens is 3. The van der Waals surface area contributed by atoms with Gasteiger partial charge in [-0.2, -0.15) is 0 Å².